The third-order valence-corrected chi connectivity index (χ3v) is 4.07. The molecule has 128 valence electrons. The van der Waals surface area contributed by atoms with Gasteiger partial charge in [-0.1, -0.05) is 0 Å². The summed E-state index contributed by atoms with van der Waals surface area (Å²) in [5.74, 6) is -0.218. The fourth-order valence-electron chi connectivity index (χ4n) is 2.04. The van der Waals surface area contributed by atoms with E-state index in [9.17, 15) is 9.59 Å². The van der Waals surface area contributed by atoms with Crippen molar-refractivity contribution in [2.24, 2.45) is 0 Å². The number of hydrazine groups is 1. The first-order chi connectivity index (χ1) is 12.2. The summed E-state index contributed by atoms with van der Waals surface area (Å²) in [6.45, 7) is 2.43. The van der Waals surface area contributed by atoms with Gasteiger partial charge in [-0.05, 0) is 53.1 Å². The highest BCUT2D eigenvalue weighted by molar-refractivity contribution is 7.12. The first-order valence-corrected chi connectivity index (χ1v) is 8.21. The summed E-state index contributed by atoms with van der Waals surface area (Å²) in [6, 6.07) is 8.32. The summed E-state index contributed by atoms with van der Waals surface area (Å²) in [7, 11) is 0. The fraction of sp³-hybridized carbons (Fsp3) is 0.133. The number of nitrogens with zero attached hydrogens (tertiary/aromatic N) is 4. The van der Waals surface area contributed by atoms with Crippen LogP contribution >= 0.6 is 11.3 Å². The lowest BCUT2D eigenvalue weighted by molar-refractivity contribution is 0.0848. The van der Waals surface area contributed by atoms with E-state index in [-0.39, 0.29) is 0 Å². The molecule has 2 amide bonds. The Morgan fingerprint density at radius 2 is 1.92 bits per heavy atom. The van der Waals surface area contributed by atoms with Gasteiger partial charge in [0.2, 0.25) is 0 Å². The van der Waals surface area contributed by atoms with Gasteiger partial charge in [0.05, 0.1) is 12.3 Å². The van der Waals surface area contributed by atoms with Crippen molar-refractivity contribution < 1.29 is 14.3 Å². The second-order valence-electron chi connectivity index (χ2n) is 4.75. The van der Waals surface area contributed by atoms with E-state index in [2.05, 4.69) is 26.4 Å². The maximum atomic E-state index is 12.3. The van der Waals surface area contributed by atoms with E-state index in [1.165, 1.54) is 22.3 Å². The van der Waals surface area contributed by atoms with Gasteiger partial charge < -0.3 is 4.74 Å². The molecule has 9 nitrogen and oxygen atoms in total. The number of thiophene rings is 1. The van der Waals surface area contributed by atoms with Crippen LogP contribution in [0.5, 0.6) is 5.75 Å². The van der Waals surface area contributed by atoms with Crippen LogP contribution in [0.3, 0.4) is 0 Å². The van der Waals surface area contributed by atoms with E-state index < -0.39 is 11.8 Å². The average molecular weight is 358 g/mol. The molecule has 0 radical (unpaired) electrons. The Balaban J connectivity index is 1.63. The van der Waals surface area contributed by atoms with Gasteiger partial charge in [0, 0.05) is 5.56 Å². The Labute approximate surface area is 146 Å². The van der Waals surface area contributed by atoms with Gasteiger partial charge in [0.1, 0.15) is 17.0 Å². The number of ether oxygens (including phenoxy) is 1. The lowest BCUT2D eigenvalue weighted by atomic mass is 10.2. The van der Waals surface area contributed by atoms with Crippen molar-refractivity contribution in [1.29, 1.82) is 0 Å². The number of hydrogen-bond acceptors (Lipinski definition) is 7. The predicted molar refractivity (Wildman–Crippen MR) is 89.6 cm³/mol. The molecule has 0 bridgehead atoms. The maximum absolute atomic E-state index is 12.3. The van der Waals surface area contributed by atoms with Crippen LogP contribution in [0.15, 0.2) is 42.0 Å². The molecule has 0 aliphatic heterocycles. The lowest BCUT2D eigenvalue weighted by Crippen LogP contribution is -2.41. The standard InChI is InChI=1S/C15H14N6O3S/c1-2-24-11-5-3-10(4-6-11)14(22)17-18-15(23)13-12(7-8-25-13)21-9-16-19-20-21/h3-9H,2H2,1H3,(H,17,22)(H,18,23). The smallest absolute Gasteiger partial charge is 0.281 e. The number of tetrazole rings is 1. The molecule has 0 fully saturated rings. The Morgan fingerprint density at radius 3 is 2.60 bits per heavy atom. The van der Waals surface area contributed by atoms with Crippen LogP contribution in [0, 0.1) is 0 Å². The SMILES string of the molecule is CCOc1ccc(C(=O)NNC(=O)c2sccc2-n2cnnn2)cc1. The van der Waals surface area contributed by atoms with Crippen LogP contribution < -0.4 is 15.6 Å². The highest BCUT2D eigenvalue weighted by Gasteiger charge is 2.16. The monoisotopic (exact) mass is 358 g/mol. The van der Waals surface area contributed by atoms with Crippen LogP contribution in [-0.4, -0.2) is 38.6 Å². The zero-order chi connectivity index (χ0) is 17.6. The summed E-state index contributed by atoms with van der Waals surface area (Å²) in [6.07, 6.45) is 1.39. The van der Waals surface area contributed by atoms with Gasteiger partial charge in [0.25, 0.3) is 11.8 Å². The first kappa shape index (κ1) is 16.6. The van der Waals surface area contributed by atoms with Crippen molar-refractivity contribution >= 4 is 23.2 Å². The topological polar surface area (TPSA) is 111 Å². The number of nitrogens with one attached hydrogen (secondary N) is 2. The molecule has 10 heteroatoms. The van der Waals surface area contributed by atoms with Crippen molar-refractivity contribution in [1.82, 2.24) is 31.1 Å². The van der Waals surface area contributed by atoms with Crippen molar-refractivity contribution in [3.8, 4) is 11.4 Å². The normalized spacial score (nSPS) is 10.3. The van der Waals surface area contributed by atoms with Crippen LogP contribution in [-0.2, 0) is 0 Å². The van der Waals surface area contributed by atoms with Gasteiger partial charge in [-0.25, -0.2) is 0 Å². The summed E-state index contributed by atoms with van der Waals surface area (Å²) >= 11 is 1.21. The number of aromatic nitrogens is 4. The molecule has 1 aromatic carbocycles. The number of carbonyl (C=O) groups excluding carboxylic acids is 2. The molecule has 0 saturated heterocycles. The molecule has 0 unspecified atom stereocenters. The minimum Gasteiger partial charge on any atom is -0.494 e. The fourth-order valence-corrected chi connectivity index (χ4v) is 2.81. The minimum absolute atomic E-state index is 0.374. The van der Waals surface area contributed by atoms with Crippen LogP contribution in [0.25, 0.3) is 5.69 Å². The number of hydrogen-bond donors (Lipinski definition) is 2. The molecule has 2 aromatic heterocycles. The number of benzene rings is 1. The Hall–Kier alpha value is -3.27. The number of amides is 2. The van der Waals surface area contributed by atoms with Gasteiger partial charge in [-0.2, -0.15) is 4.68 Å². The van der Waals surface area contributed by atoms with Crippen molar-refractivity contribution in [2.45, 2.75) is 6.92 Å². The van der Waals surface area contributed by atoms with Crippen LogP contribution in [0.2, 0.25) is 0 Å². The molecule has 0 saturated carbocycles. The lowest BCUT2D eigenvalue weighted by Gasteiger charge is -2.08. The molecular weight excluding hydrogens is 344 g/mol. The van der Waals surface area contributed by atoms with Crippen LogP contribution in [0.4, 0.5) is 0 Å². The van der Waals surface area contributed by atoms with E-state index in [0.717, 1.165) is 0 Å². The molecule has 3 rings (SSSR count). The summed E-state index contributed by atoms with van der Waals surface area (Å²) in [5.41, 5.74) is 5.69. The van der Waals surface area contributed by atoms with Gasteiger partial charge in [-0.15, -0.1) is 16.4 Å². The number of carbonyl (C=O) groups is 2. The Morgan fingerprint density at radius 1 is 1.16 bits per heavy atom. The quantitative estimate of drug-likeness (QED) is 0.663. The number of rotatable bonds is 5. The highest BCUT2D eigenvalue weighted by atomic mass is 32.1. The molecule has 0 atom stereocenters. The first-order valence-electron chi connectivity index (χ1n) is 7.33. The van der Waals surface area contributed by atoms with E-state index in [1.807, 2.05) is 6.92 Å². The largest absolute Gasteiger partial charge is 0.494 e. The maximum Gasteiger partial charge on any atom is 0.281 e. The van der Waals surface area contributed by atoms with E-state index in [1.54, 1.807) is 35.7 Å². The van der Waals surface area contributed by atoms with Crippen LogP contribution in [0.1, 0.15) is 27.0 Å². The molecule has 2 heterocycles. The van der Waals surface area contributed by atoms with Crippen molar-refractivity contribution in [3.63, 3.8) is 0 Å². The van der Waals surface area contributed by atoms with Crippen molar-refractivity contribution in [2.75, 3.05) is 6.61 Å². The van der Waals surface area contributed by atoms with Gasteiger partial charge in [-0.3, -0.25) is 20.4 Å². The van der Waals surface area contributed by atoms with Gasteiger partial charge in [0.15, 0.2) is 0 Å². The molecule has 25 heavy (non-hydrogen) atoms. The zero-order valence-electron chi connectivity index (χ0n) is 13.2. The highest BCUT2D eigenvalue weighted by Crippen LogP contribution is 2.19. The molecule has 0 aliphatic carbocycles. The Bertz CT molecular complexity index is 860. The third-order valence-electron chi connectivity index (χ3n) is 3.16. The zero-order valence-corrected chi connectivity index (χ0v) is 14.0. The second-order valence-corrected chi connectivity index (χ2v) is 5.67. The Kier molecular flexibility index (Phi) is 5.00. The summed E-state index contributed by atoms with van der Waals surface area (Å²) in [4.78, 5) is 24.8. The molecule has 0 aliphatic rings. The second kappa shape index (κ2) is 7.53. The third kappa shape index (κ3) is 3.80. The average Bonchev–Trinajstić information content (AvgIpc) is 3.31. The summed E-state index contributed by atoms with van der Waals surface area (Å²) < 4.78 is 6.69. The molecule has 0 spiro atoms. The van der Waals surface area contributed by atoms with Gasteiger partial charge >= 0.3 is 0 Å². The van der Waals surface area contributed by atoms with Crippen molar-refractivity contribution in [3.05, 3.63) is 52.5 Å². The molecular formula is C15H14N6O3S. The van der Waals surface area contributed by atoms with E-state index in [4.69, 9.17) is 4.74 Å². The summed E-state index contributed by atoms with van der Waals surface area (Å²) in [5, 5.41) is 12.6. The minimum atomic E-state index is -0.459. The molecule has 2 N–H and O–H groups in total. The molecule has 3 aromatic rings. The predicted octanol–water partition coefficient (Wildman–Crippen LogP) is 1.20. The van der Waals surface area contributed by atoms with E-state index in [0.29, 0.717) is 28.5 Å². The van der Waals surface area contributed by atoms with E-state index >= 15 is 0 Å².